The van der Waals surface area contributed by atoms with Crippen LogP contribution in [0.1, 0.15) is 24.2 Å². The van der Waals surface area contributed by atoms with Crippen LogP contribution in [-0.2, 0) is 14.6 Å². The number of hydrogen-bond donors (Lipinski definition) is 1. The molecule has 1 unspecified atom stereocenters. The summed E-state index contributed by atoms with van der Waals surface area (Å²) in [6, 6.07) is 6.53. The Bertz CT molecular complexity index is 522. The first kappa shape index (κ1) is 15.5. The molecule has 0 aliphatic carbocycles. The number of hydrogen-bond acceptors (Lipinski definition) is 5. The first-order valence-corrected chi connectivity index (χ1v) is 7.85. The molecule has 0 amide bonds. The number of methoxy groups -OCH3 is 1. The molecule has 0 aromatic heterocycles. The highest BCUT2D eigenvalue weighted by Gasteiger charge is 2.13. The maximum Gasteiger partial charge on any atom is 0.337 e. The van der Waals surface area contributed by atoms with Gasteiger partial charge in [0, 0.05) is 17.5 Å². The average molecular weight is 285 g/mol. The third-order valence-corrected chi connectivity index (χ3v) is 4.55. The fourth-order valence-electron chi connectivity index (χ4n) is 1.65. The highest BCUT2D eigenvalue weighted by molar-refractivity contribution is 7.91. The number of benzene rings is 1. The van der Waals surface area contributed by atoms with Crippen molar-refractivity contribution in [2.24, 2.45) is 0 Å². The van der Waals surface area contributed by atoms with Gasteiger partial charge in [0.05, 0.1) is 18.4 Å². The van der Waals surface area contributed by atoms with Crippen molar-refractivity contribution in [2.75, 3.05) is 23.9 Å². The highest BCUT2D eigenvalue weighted by Crippen LogP contribution is 2.12. The monoisotopic (exact) mass is 285 g/mol. The van der Waals surface area contributed by atoms with E-state index in [9.17, 15) is 13.2 Å². The molecular formula is C13H19NO4S. The van der Waals surface area contributed by atoms with Gasteiger partial charge in [-0.05, 0) is 31.2 Å². The van der Waals surface area contributed by atoms with Crippen LogP contribution in [0, 0.1) is 0 Å². The van der Waals surface area contributed by atoms with Crippen LogP contribution >= 0.6 is 0 Å². The van der Waals surface area contributed by atoms with E-state index in [2.05, 4.69) is 10.1 Å². The molecule has 0 aliphatic heterocycles. The predicted molar refractivity (Wildman–Crippen MR) is 75.2 cm³/mol. The summed E-state index contributed by atoms with van der Waals surface area (Å²) in [5.41, 5.74) is 1.23. The van der Waals surface area contributed by atoms with Crippen molar-refractivity contribution in [2.45, 2.75) is 19.9 Å². The second-order valence-corrected chi connectivity index (χ2v) is 6.71. The Morgan fingerprint density at radius 1 is 1.32 bits per heavy atom. The Hall–Kier alpha value is -1.56. The van der Waals surface area contributed by atoms with Gasteiger partial charge in [-0.1, -0.05) is 6.92 Å². The Morgan fingerprint density at radius 2 is 1.89 bits per heavy atom. The smallest absolute Gasteiger partial charge is 0.337 e. The maximum absolute atomic E-state index is 11.5. The normalized spacial score (nSPS) is 12.8. The fourth-order valence-corrected chi connectivity index (χ4v) is 2.73. The molecule has 0 saturated heterocycles. The summed E-state index contributed by atoms with van der Waals surface area (Å²) in [6.07, 6.45) is 0. The molecule has 0 aliphatic rings. The molecule has 5 nitrogen and oxygen atoms in total. The van der Waals surface area contributed by atoms with Gasteiger partial charge in [-0.25, -0.2) is 13.2 Å². The van der Waals surface area contributed by atoms with Crippen molar-refractivity contribution in [3.63, 3.8) is 0 Å². The zero-order valence-corrected chi connectivity index (χ0v) is 12.2. The molecule has 0 bridgehead atoms. The molecule has 0 spiro atoms. The lowest BCUT2D eigenvalue weighted by molar-refractivity contribution is 0.0601. The molecule has 0 fully saturated rings. The molecule has 1 N–H and O–H groups in total. The third-order valence-electron chi connectivity index (χ3n) is 2.66. The number of rotatable bonds is 6. The van der Waals surface area contributed by atoms with E-state index < -0.39 is 15.8 Å². The van der Waals surface area contributed by atoms with Gasteiger partial charge in [0.2, 0.25) is 0 Å². The van der Waals surface area contributed by atoms with Crippen molar-refractivity contribution < 1.29 is 17.9 Å². The van der Waals surface area contributed by atoms with Gasteiger partial charge < -0.3 is 10.1 Å². The number of ether oxygens (including phenoxy) is 1. The van der Waals surface area contributed by atoms with Crippen LogP contribution in [0.4, 0.5) is 5.69 Å². The van der Waals surface area contributed by atoms with E-state index in [0.717, 1.165) is 5.69 Å². The van der Waals surface area contributed by atoms with Crippen LogP contribution < -0.4 is 5.32 Å². The molecule has 0 heterocycles. The Morgan fingerprint density at radius 3 is 2.37 bits per heavy atom. The topological polar surface area (TPSA) is 72.5 Å². The quantitative estimate of drug-likeness (QED) is 0.806. The molecule has 1 aromatic carbocycles. The van der Waals surface area contributed by atoms with Crippen LogP contribution in [0.2, 0.25) is 0 Å². The van der Waals surface area contributed by atoms with Crippen LogP contribution in [-0.4, -0.2) is 39.0 Å². The molecule has 0 saturated carbocycles. The van der Waals surface area contributed by atoms with Gasteiger partial charge in [0.1, 0.15) is 0 Å². The van der Waals surface area contributed by atoms with Crippen molar-refractivity contribution >= 4 is 21.5 Å². The highest BCUT2D eigenvalue weighted by atomic mass is 32.2. The van der Waals surface area contributed by atoms with Crippen LogP contribution in [0.15, 0.2) is 24.3 Å². The van der Waals surface area contributed by atoms with Gasteiger partial charge in [0.15, 0.2) is 9.84 Å². The zero-order chi connectivity index (χ0) is 14.5. The number of carbonyl (C=O) groups is 1. The summed E-state index contributed by atoms with van der Waals surface area (Å²) < 4.78 is 27.6. The second-order valence-electron chi connectivity index (χ2n) is 4.31. The summed E-state index contributed by atoms with van der Waals surface area (Å²) in [6.45, 7) is 3.44. The minimum atomic E-state index is -3.00. The van der Waals surface area contributed by atoms with E-state index in [1.54, 1.807) is 38.1 Å². The van der Waals surface area contributed by atoms with E-state index in [1.165, 1.54) is 7.11 Å². The summed E-state index contributed by atoms with van der Waals surface area (Å²) in [5, 5.41) is 3.09. The molecule has 106 valence electrons. The van der Waals surface area contributed by atoms with E-state index in [4.69, 9.17) is 0 Å². The molecule has 0 radical (unpaired) electrons. The Balaban J connectivity index is 2.65. The molecule has 1 atom stereocenters. The van der Waals surface area contributed by atoms with Crippen LogP contribution in [0.5, 0.6) is 0 Å². The number of anilines is 1. The SMILES string of the molecule is CCS(=O)(=O)CC(C)Nc1ccc(C(=O)OC)cc1. The Labute approximate surface area is 113 Å². The van der Waals surface area contributed by atoms with Gasteiger partial charge in [0.25, 0.3) is 0 Å². The van der Waals surface area contributed by atoms with Gasteiger partial charge >= 0.3 is 5.97 Å². The lowest BCUT2D eigenvalue weighted by Crippen LogP contribution is -2.26. The third kappa shape index (κ3) is 4.90. The minimum absolute atomic E-state index is 0.0856. The largest absolute Gasteiger partial charge is 0.465 e. The number of nitrogens with one attached hydrogen (secondary N) is 1. The van der Waals surface area contributed by atoms with Gasteiger partial charge in [-0.3, -0.25) is 0 Å². The van der Waals surface area contributed by atoms with Crippen molar-refractivity contribution in [3.05, 3.63) is 29.8 Å². The van der Waals surface area contributed by atoms with E-state index in [1.807, 2.05) is 0 Å². The van der Waals surface area contributed by atoms with E-state index >= 15 is 0 Å². The molecule has 6 heteroatoms. The van der Waals surface area contributed by atoms with Crippen molar-refractivity contribution in [1.29, 1.82) is 0 Å². The first-order chi connectivity index (χ1) is 8.88. The average Bonchev–Trinajstić information content (AvgIpc) is 2.38. The molecule has 1 rings (SSSR count). The van der Waals surface area contributed by atoms with Crippen molar-refractivity contribution in [3.8, 4) is 0 Å². The standard InChI is InChI=1S/C13H19NO4S/c1-4-19(16,17)9-10(2)14-12-7-5-11(6-8-12)13(15)18-3/h5-8,10,14H,4,9H2,1-3H3. The summed E-state index contributed by atoms with van der Waals surface area (Å²) in [7, 11) is -1.68. The summed E-state index contributed by atoms with van der Waals surface area (Å²) >= 11 is 0. The molecular weight excluding hydrogens is 266 g/mol. The number of sulfone groups is 1. The lowest BCUT2D eigenvalue weighted by atomic mass is 10.2. The van der Waals surface area contributed by atoms with Crippen LogP contribution in [0.25, 0.3) is 0 Å². The summed E-state index contributed by atoms with van der Waals surface area (Å²) in [5.74, 6) is -0.170. The molecule has 1 aromatic rings. The number of carbonyl (C=O) groups excluding carboxylic acids is 1. The lowest BCUT2D eigenvalue weighted by Gasteiger charge is -2.15. The van der Waals surface area contributed by atoms with Gasteiger partial charge in [-0.15, -0.1) is 0 Å². The van der Waals surface area contributed by atoms with E-state index in [0.29, 0.717) is 5.56 Å². The zero-order valence-electron chi connectivity index (χ0n) is 11.3. The summed E-state index contributed by atoms with van der Waals surface area (Å²) in [4.78, 5) is 11.3. The van der Waals surface area contributed by atoms with Gasteiger partial charge in [-0.2, -0.15) is 0 Å². The Kier molecular flexibility index (Phi) is 5.35. The molecule has 19 heavy (non-hydrogen) atoms. The minimum Gasteiger partial charge on any atom is -0.465 e. The number of esters is 1. The van der Waals surface area contributed by atoms with Crippen LogP contribution in [0.3, 0.4) is 0 Å². The van der Waals surface area contributed by atoms with E-state index in [-0.39, 0.29) is 17.5 Å². The van der Waals surface area contributed by atoms with Crippen molar-refractivity contribution in [1.82, 2.24) is 0 Å². The maximum atomic E-state index is 11.5. The fraction of sp³-hybridized carbons (Fsp3) is 0.462. The second kappa shape index (κ2) is 6.56. The first-order valence-electron chi connectivity index (χ1n) is 6.03. The predicted octanol–water partition coefficient (Wildman–Crippen LogP) is 1.71.